The number of hydrogen-bond donors (Lipinski definition) is 2. The van der Waals surface area contributed by atoms with Crippen LogP contribution in [0.3, 0.4) is 0 Å². The first kappa shape index (κ1) is 22.5. The second-order valence-electron chi connectivity index (χ2n) is 6.66. The van der Waals surface area contributed by atoms with Gasteiger partial charge in [-0.15, -0.1) is 0 Å². The molecule has 0 aromatic heterocycles. The molecule has 2 aromatic carbocycles. The van der Waals surface area contributed by atoms with Crippen molar-refractivity contribution >= 4 is 52.2 Å². The lowest BCUT2D eigenvalue weighted by atomic mass is 10.1. The third-order valence-electron chi connectivity index (χ3n) is 4.52. The second kappa shape index (κ2) is 9.76. The van der Waals surface area contributed by atoms with E-state index >= 15 is 0 Å². The third kappa shape index (κ3) is 5.12. The largest absolute Gasteiger partial charge is 0.479 e. The smallest absolute Gasteiger partial charge is 0.344 e. The fourth-order valence-corrected chi connectivity index (χ4v) is 4.03. The Bertz CT molecular complexity index is 1080. The summed E-state index contributed by atoms with van der Waals surface area (Å²) in [7, 11) is 0. The Morgan fingerprint density at radius 1 is 1.23 bits per heavy atom. The van der Waals surface area contributed by atoms with Crippen molar-refractivity contribution in [2.24, 2.45) is 0 Å². The molecule has 1 saturated heterocycles. The van der Waals surface area contributed by atoms with Gasteiger partial charge in [0.05, 0.1) is 4.91 Å². The first-order valence-electron chi connectivity index (χ1n) is 9.45. The molecule has 3 rings (SSSR count). The predicted octanol–water partition coefficient (Wildman–Crippen LogP) is 3.78. The van der Waals surface area contributed by atoms with Gasteiger partial charge in [-0.05, 0) is 49.3 Å². The van der Waals surface area contributed by atoms with Crippen LogP contribution in [0.4, 0.5) is 0 Å². The van der Waals surface area contributed by atoms with Crippen LogP contribution in [-0.2, 0) is 9.59 Å². The minimum Gasteiger partial charge on any atom is -0.479 e. The number of benzene rings is 2. The number of hydrazine groups is 1. The molecule has 0 radical (unpaired) electrons. The predicted molar refractivity (Wildman–Crippen MR) is 122 cm³/mol. The molecule has 0 saturated carbocycles. The fraction of sp³-hybridized carbons (Fsp3) is 0.182. The van der Waals surface area contributed by atoms with E-state index in [0.717, 1.165) is 22.3 Å². The number of aliphatic carboxylic acids is 1. The Hall–Kier alpha value is -3.17. The zero-order chi connectivity index (χ0) is 22.5. The Morgan fingerprint density at radius 2 is 1.90 bits per heavy atom. The molecule has 1 aliphatic rings. The Balaban J connectivity index is 1.82. The number of carboxylic acids is 1. The average Bonchev–Trinajstić information content (AvgIpc) is 3.00. The highest BCUT2D eigenvalue weighted by atomic mass is 32.2. The summed E-state index contributed by atoms with van der Waals surface area (Å²) in [5.74, 6) is -1.64. The summed E-state index contributed by atoms with van der Waals surface area (Å²) < 4.78 is 5.80. The van der Waals surface area contributed by atoms with Crippen molar-refractivity contribution in [3.63, 3.8) is 0 Å². The van der Waals surface area contributed by atoms with Gasteiger partial charge in [0.1, 0.15) is 5.75 Å². The van der Waals surface area contributed by atoms with E-state index < -0.39 is 23.9 Å². The number of para-hydroxylation sites is 1. The quantitative estimate of drug-likeness (QED) is 0.483. The maximum Gasteiger partial charge on any atom is 0.344 e. The van der Waals surface area contributed by atoms with Gasteiger partial charge in [-0.2, -0.15) is 5.01 Å². The van der Waals surface area contributed by atoms with Gasteiger partial charge in [0.25, 0.3) is 11.8 Å². The van der Waals surface area contributed by atoms with Crippen LogP contribution in [0.5, 0.6) is 5.75 Å². The normalized spacial score (nSPS) is 15.8. The first-order valence-corrected chi connectivity index (χ1v) is 10.7. The SMILES string of the molecule is CCC(Oc1ccccc1/C=C1/SC(=S)N(NC(=O)c2ccccc2C)C1=O)C(=O)O. The minimum atomic E-state index is -1.07. The number of thioether (sulfide) groups is 1. The summed E-state index contributed by atoms with van der Waals surface area (Å²) in [6, 6.07) is 13.8. The van der Waals surface area contributed by atoms with Crippen LogP contribution < -0.4 is 10.2 Å². The molecule has 2 amide bonds. The summed E-state index contributed by atoms with van der Waals surface area (Å²) in [6.07, 6.45) is 0.859. The van der Waals surface area contributed by atoms with Gasteiger partial charge in [0.2, 0.25) is 0 Å². The van der Waals surface area contributed by atoms with Crippen molar-refractivity contribution < 1.29 is 24.2 Å². The van der Waals surface area contributed by atoms with Gasteiger partial charge in [0, 0.05) is 11.1 Å². The number of aryl methyl sites for hydroxylation is 1. The Morgan fingerprint density at radius 3 is 2.58 bits per heavy atom. The van der Waals surface area contributed by atoms with Crippen molar-refractivity contribution in [1.29, 1.82) is 0 Å². The van der Waals surface area contributed by atoms with Crippen molar-refractivity contribution in [3.05, 3.63) is 70.1 Å². The zero-order valence-electron chi connectivity index (χ0n) is 16.8. The molecular formula is C22H20N2O5S2. The number of carbonyl (C=O) groups is 3. The molecule has 0 bridgehead atoms. The molecule has 1 unspecified atom stereocenters. The van der Waals surface area contributed by atoms with Crippen LogP contribution in [0.25, 0.3) is 6.08 Å². The molecule has 0 aliphatic carbocycles. The van der Waals surface area contributed by atoms with Crippen molar-refractivity contribution in [1.82, 2.24) is 10.4 Å². The van der Waals surface area contributed by atoms with Gasteiger partial charge >= 0.3 is 5.97 Å². The summed E-state index contributed by atoms with van der Waals surface area (Å²) in [4.78, 5) is 37.0. The Labute approximate surface area is 189 Å². The lowest BCUT2D eigenvalue weighted by Gasteiger charge is -2.16. The fourth-order valence-electron chi connectivity index (χ4n) is 2.86. The van der Waals surface area contributed by atoms with Crippen LogP contribution in [-0.4, -0.2) is 38.3 Å². The van der Waals surface area contributed by atoms with Gasteiger partial charge in [-0.1, -0.05) is 55.1 Å². The monoisotopic (exact) mass is 456 g/mol. The molecule has 160 valence electrons. The van der Waals surface area contributed by atoms with Crippen molar-refractivity contribution in [2.75, 3.05) is 0 Å². The molecule has 7 nitrogen and oxygen atoms in total. The van der Waals surface area contributed by atoms with Crippen LogP contribution >= 0.6 is 24.0 Å². The molecule has 2 aromatic rings. The van der Waals surface area contributed by atoms with Crippen LogP contribution in [0.15, 0.2) is 53.4 Å². The van der Waals surface area contributed by atoms with Crippen molar-refractivity contribution in [3.8, 4) is 5.75 Å². The van der Waals surface area contributed by atoms with E-state index in [1.165, 1.54) is 0 Å². The molecule has 1 heterocycles. The number of nitrogens with one attached hydrogen (secondary N) is 1. The van der Waals surface area contributed by atoms with Crippen molar-refractivity contribution in [2.45, 2.75) is 26.4 Å². The first-order chi connectivity index (χ1) is 14.8. The standard InChI is InChI=1S/C22H20N2O5S2/c1-3-16(21(27)28)29-17-11-7-5-9-14(17)12-18-20(26)24(22(30)31-18)23-19(25)15-10-6-4-8-13(15)2/h4-12,16H,3H2,1-2H3,(H,23,25)(H,27,28)/b18-12+. The maximum absolute atomic E-state index is 12.9. The molecule has 9 heteroatoms. The summed E-state index contributed by atoms with van der Waals surface area (Å²) >= 11 is 6.31. The van der Waals surface area contributed by atoms with E-state index in [4.69, 9.17) is 17.0 Å². The molecule has 1 atom stereocenters. The maximum atomic E-state index is 12.9. The number of carbonyl (C=O) groups excluding carboxylic acids is 2. The molecule has 31 heavy (non-hydrogen) atoms. The molecular weight excluding hydrogens is 436 g/mol. The lowest BCUT2D eigenvalue weighted by Crippen LogP contribution is -2.45. The van der Waals surface area contributed by atoms with E-state index in [1.54, 1.807) is 62.4 Å². The highest BCUT2D eigenvalue weighted by molar-refractivity contribution is 8.26. The topological polar surface area (TPSA) is 95.9 Å². The van der Waals surface area contributed by atoms with Gasteiger partial charge in [-0.3, -0.25) is 15.0 Å². The molecule has 0 spiro atoms. The van der Waals surface area contributed by atoms with E-state index in [2.05, 4.69) is 5.43 Å². The number of amides is 2. The summed E-state index contributed by atoms with van der Waals surface area (Å²) in [6.45, 7) is 3.51. The van der Waals surface area contributed by atoms with E-state index in [0.29, 0.717) is 16.9 Å². The highest BCUT2D eigenvalue weighted by Crippen LogP contribution is 2.33. The van der Waals surface area contributed by atoms with Gasteiger partial charge in [-0.25, -0.2) is 4.79 Å². The van der Waals surface area contributed by atoms with Crippen LogP contribution in [0, 0.1) is 6.92 Å². The number of nitrogens with zero attached hydrogens (tertiary/aromatic N) is 1. The number of rotatable bonds is 7. The number of hydrogen-bond acceptors (Lipinski definition) is 6. The van der Waals surface area contributed by atoms with Crippen LogP contribution in [0.2, 0.25) is 0 Å². The Kier molecular flexibility index (Phi) is 7.09. The lowest BCUT2D eigenvalue weighted by molar-refractivity contribution is -0.145. The summed E-state index contributed by atoms with van der Waals surface area (Å²) in [5, 5.41) is 10.3. The highest BCUT2D eigenvalue weighted by Gasteiger charge is 2.34. The average molecular weight is 457 g/mol. The summed E-state index contributed by atoms with van der Waals surface area (Å²) in [5.41, 5.74) is 4.31. The molecule has 2 N–H and O–H groups in total. The second-order valence-corrected chi connectivity index (χ2v) is 8.34. The number of ether oxygens (including phenoxy) is 1. The van der Waals surface area contributed by atoms with Crippen LogP contribution in [0.1, 0.15) is 34.8 Å². The third-order valence-corrected chi connectivity index (χ3v) is 5.82. The minimum absolute atomic E-state index is 0.188. The van der Waals surface area contributed by atoms with E-state index in [9.17, 15) is 19.5 Å². The number of thiocarbonyl (C=S) groups is 1. The zero-order valence-corrected chi connectivity index (χ0v) is 18.5. The molecule has 1 aliphatic heterocycles. The number of carboxylic acid groups (broad SMARTS) is 1. The van der Waals surface area contributed by atoms with E-state index in [-0.39, 0.29) is 15.6 Å². The van der Waals surface area contributed by atoms with E-state index in [1.807, 2.05) is 6.07 Å². The van der Waals surface area contributed by atoms with Gasteiger partial charge < -0.3 is 9.84 Å². The molecule has 1 fully saturated rings. The van der Waals surface area contributed by atoms with Gasteiger partial charge in [0.15, 0.2) is 10.4 Å².